The van der Waals surface area contributed by atoms with Crippen LogP contribution in [-0.2, 0) is 9.59 Å². The first-order valence-corrected chi connectivity index (χ1v) is 7.83. The van der Waals surface area contributed by atoms with Gasteiger partial charge in [0.25, 0.3) is 0 Å². The van der Waals surface area contributed by atoms with Crippen LogP contribution in [0.5, 0.6) is 0 Å². The molecule has 0 spiro atoms. The van der Waals surface area contributed by atoms with Gasteiger partial charge in [0.1, 0.15) is 0 Å². The molecule has 1 aromatic heterocycles. The first-order valence-electron chi connectivity index (χ1n) is 6.07. The van der Waals surface area contributed by atoms with Crippen LogP contribution in [0.25, 0.3) is 12.2 Å². The van der Waals surface area contributed by atoms with Crippen molar-refractivity contribution in [1.29, 1.82) is 0 Å². The van der Waals surface area contributed by atoms with Crippen molar-refractivity contribution in [3.05, 3.63) is 45.6 Å². The summed E-state index contributed by atoms with van der Waals surface area (Å²) < 4.78 is 0. The van der Waals surface area contributed by atoms with Crippen molar-refractivity contribution >= 4 is 47.1 Å². The molecule has 0 radical (unpaired) electrons. The largest absolute Gasteiger partial charge is 0.478 e. The second kappa shape index (κ2) is 6.64. The summed E-state index contributed by atoms with van der Waals surface area (Å²) in [6, 6.07) is 1.88. The minimum absolute atomic E-state index is 0.125. The van der Waals surface area contributed by atoms with Gasteiger partial charge >= 0.3 is 5.97 Å². The van der Waals surface area contributed by atoms with Gasteiger partial charge in [0.15, 0.2) is 4.99 Å². The van der Waals surface area contributed by atoms with Crippen molar-refractivity contribution in [1.82, 2.24) is 10.6 Å². The van der Waals surface area contributed by atoms with Crippen LogP contribution in [0.1, 0.15) is 17.4 Å². The number of hydrogen-bond acceptors (Lipinski definition) is 5. The Morgan fingerprint density at radius 3 is 2.86 bits per heavy atom. The molecule has 1 unspecified atom stereocenters. The van der Waals surface area contributed by atoms with Gasteiger partial charge in [-0.05, 0) is 40.6 Å². The zero-order valence-corrected chi connectivity index (χ0v) is 12.8. The number of carboxylic acid groups (broad SMARTS) is 1. The first-order chi connectivity index (χ1) is 9.99. The molecule has 0 aliphatic carbocycles. The number of carbonyl (C=O) groups is 2. The van der Waals surface area contributed by atoms with Crippen molar-refractivity contribution in [3.63, 3.8) is 0 Å². The number of carbonyl (C=O) groups excluding carboxylic acids is 1. The zero-order valence-electron chi connectivity index (χ0n) is 11.2. The van der Waals surface area contributed by atoms with Gasteiger partial charge in [-0.1, -0.05) is 11.8 Å². The van der Waals surface area contributed by atoms with Crippen LogP contribution in [0.15, 0.2) is 35.2 Å². The predicted molar refractivity (Wildman–Crippen MR) is 86.4 cm³/mol. The quantitative estimate of drug-likeness (QED) is 0.726. The van der Waals surface area contributed by atoms with Crippen LogP contribution in [0.2, 0.25) is 0 Å². The Labute approximate surface area is 130 Å². The molecule has 0 fully saturated rings. The molecule has 1 atom stereocenters. The Morgan fingerprint density at radius 2 is 2.24 bits per heavy atom. The van der Waals surface area contributed by atoms with Gasteiger partial charge < -0.3 is 15.7 Å². The van der Waals surface area contributed by atoms with E-state index in [9.17, 15) is 9.59 Å². The number of carboxylic acids is 1. The maximum atomic E-state index is 11.3. The molecular formula is C14H14N2O3S2. The van der Waals surface area contributed by atoms with Crippen LogP contribution in [0, 0.1) is 0 Å². The summed E-state index contributed by atoms with van der Waals surface area (Å²) in [6.45, 7) is 1.47. The molecule has 1 aliphatic rings. The summed E-state index contributed by atoms with van der Waals surface area (Å²) >= 11 is 2.96. The van der Waals surface area contributed by atoms with Crippen molar-refractivity contribution in [3.8, 4) is 0 Å². The summed E-state index contributed by atoms with van der Waals surface area (Å²) in [6.07, 6.45) is 8.19. The molecule has 0 saturated heterocycles. The van der Waals surface area contributed by atoms with Crippen LogP contribution in [0.4, 0.5) is 0 Å². The van der Waals surface area contributed by atoms with Crippen molar-refractivity contribution < 1.29 is 14.7 Å². The second-order valence-corrected chi connectivity index (χ2v) is 6.36. The van der Waals surface area contributed by atoms with Gasteiger partial charge in [0.2, 0.25) is 5.91 Å². The number of rotatable bonds is 5. The Morgan fingerprint density at radius 1 is 1.43 bits per heavy atom. The molecular weight excluding hydrogens is 308 g/mol. The Hall–Kier alpha value is -1.99. The third kappa shape index (κ3) is 4.51. The summed E-state index contributed by atoms with van der Waals surface area (Å²) in [7, 11) is 0. The lowest BCUT2D eigenvalue weighted by Gasteiger charge is -2.25. The normalized spacial score (nSPS) is 21.0. The molecule has 1 aliphatic heterocycles. The average molecular weight is 322 g/mol. The monoisotopic (exact) mass is 322 g/mol. The van der Waals surface area contributed by atoms with E-state index >= 15 is 0 Å². The molecule has 3 N–H and O–H groups in total. The molecule has 0 aromatic carbocycles. The number of aliphatic carboxylic acids is 1. The Bertz CT molecular complexity index is 624. The standard InChI is InChI=1S/C14H14N2O3S2/c1-10(17)16-14(15-6-7-21-14)5-4-12-8-11(9-20-12)2-3-13(18)19/h2-9,15H,1H3,(H,16,17)(H,18,19)/b3-2+,5-4+. The smallest absolute Gasteiger partial charge is 0.328 e. The van der Waals surface area contributed by atoms with E-state index in [1.165, 1.54) is 30.0 Å². The summed E-state index contributed by atoms with van der Waals surface area (Å²) in [4.78, 5) is 22.1. The van der Waals surface area contributed by atoms with Gasteiger partial charge in [-0.15, -0.1) is 11.3 Å². The Kier molecular flexibility index (Phi) is 4.87. The lowest BCUT2D eigenvalue weighted by molar-refractivity contribution is -0.131. The van der Waals surface area contributed by atoms with Gasteiger partial charge in [-0.25, -0.2) is 4.79 Å². The Balaban J connectivity index is 2.09. The summed E-state index contributed by atoms with van der Waals surface area (Å²) in [5.74, 6) is -1.10. The predicted octanol–water partition coefficient (Wildman–Crippen LogP) is 2.46. The topological polar surface area (TPSA) is 78.4 Å². The van der Waals surface area contributed by atoms with Crippen molar-refractivity contribution in [2.75, 3.05) is 0 Å². The van der Waals surface area contributed by atoms with E-state index in [0.29, 0.717) is 0 Å². The van der Waals surface area contributed by atoms with Gasteiger partial charge in [0.05, 0.1) is 0 Å². The molecule has 2 rings (SSSR count). The molecule has 21 heavy (non-hydrogen) atoms. The number of nitrogens with one attached hydrogen (secondary N) is 2. The van der Waals surface area contributed by atoms with Crippen LogP contribution >= 0.6 is 23.1 Å². The highest BCUT2D eigenvalue weighted by molar-refractivity contribution is 8.03. The molecule has 110 valence electrons. The summed E-state index contributed by atoms with van der Waals surface area (Å²) in [5.41, 5.74) is 0.834. The average Bonchev–Trinajstić information content (AvgIpc) is 3.03. The van der Waals surface area contributed by atoms with E-state index in [1.54, 1.807) is 12.3 Å². The molecule has 1 aromatic rings. The summed E-state index contributed by atoms with van der Waals surface area (Å²) in [5, 5.41) is 18.3. The van der Waals surface area contributed by atoms with Gasteiger partial charge in [0, 0.05) is 24.1 Å². The minimum Gasteiger partial charge on any atom is -0.478 e. The third-order valence-corrected chi connectivity index (χ3v) is 4.44. The van der Waals surface area contributed by atoms with E-state index in [2.05, 4.69) is 10.6 Å². The first kappa shape index (κ1) is 15.4. The zero-order chi connectivity index (χ0) is 15.3. The lowest BCUT2D eigenvalue weighted by atomic mass is 10.2. The van der Waals surface area contributed by atoms with Crippen LogP contribution in [0.3, 0.4) is 0 Å². The maximum Gasteiger partial charge on any atom is 0.328 e. The van der Waals surface area contributed by atoms with Crippen molar-refractivity contribution in [2.45, 2.75) is 11.9 Å². The SMILES string of the molecule is CC(=O)NC1(/C=C/c2cc(/C=C/C(=O)O)cs2)NC=CS1. The van der Waals surface area contributed by atoms with E-state index in [4.69, 9.17) is 5.11 Å². The molecule has 5 nitrogen and oxygen atoms in total. The molecule has 7 heteroatoms. The fraction of sp³-hybridized carbons (Fsp3) is 0.143. The highest BCUT2D eigenvalue weighted by Gasteiger charge is 2.29. The highest BCUT2D eigenvalue weighted by Crippen LogP contribution is 2.29. The van der Waals surface area contributed by atoms with Crippen molar-refractivity contribution in [2.24, 2.45) is 0 Å². The van der Waals surface area contributed by atoms with Gasteiger partial charge in [-0.2, -0.15) is 0 Å². The lowest BCUT2D eigenvalue weighted by Crippen LogP contribution is -2.50. The van der Waals surface area contributed by atoms with E-state index < -0.39 is 11.0 Å². The van der Waals surface area contributed by atoms with Crippen LogP contribution in [-0.4, -0.2) is 22.0 Å². The number of thiophene rings is 1. The molecule has 2 heterocycles. The third-order valence-electron chi connectivity index (χ3n) is 2.52. The maximum absolute atomic E-state index is 11.3. The fourth-order valence-electron chi connectivity index (χ4n) is 1.70. The van der Waals surface area contributed by atoms with E-state index in [-0.39, 0.29) is 5.91 Å². The molecule has 0 saturated carbocycles. The highest BCUT2D eigenvalue weighted by atomic mass is 32.2. The van der Waals surface area contributed by atoms with E-state index in [0.717, 1.165) is 16.5 Å². The van der Waals surface area contributed by atoms with E-state index in [1.807, 2.05) is 29.0 Å². The number of thioether (sulfide) groups is 1. The molecule has 0 bridgehead atoms. The second-order valence-electron chi connectivity index (χ2n) is 4.27. The minimum atomic E-state index is -0.972. The number of hydrogen-bond donors (Lipinski definition) is 3. The fourth-order valence-corrected chi connectivity index (χ4v) is 3.31. The molecule has 1 amide bonds. The van der Waals surface area contributed by atoms with Crippen LogP contribution < -0.4 is 10.6 Å². The number of amides is 1. The van der Waals surface area contributed by atoms with Gasteiger partial charge in [-0.3, -0.25) is 4.79 Å².